The molecule has 1 heterocycles. The Morgan fingerprint density at radius 2 is 2.26 bits per heavy atom. The quantitative estimate of drug-likeness (QED) is 0.823. The molecule has 19 heavy (non-hydrogen) atoms. The van der Waals surface area contributed by atoms with Crippen molar-refractivity contribution in [2.45, 2.75) is 36.7 Å². The van der Waals surface area contributed by atoms with E-state index in [2.05, 4.69) is 11.0 Å². The van der Waals surface area contributed by atoms with Gasteiger partial charge in [0.15, 0.2) is 0 Å². The first-order valence-corrected chi connectivity index (χ1v) is 7.83. The summed E-state index contributed by atoms with van der Waals surface area (Å²) in [6, 6.07) is 5.94. The van der Waals surface area contributed by atoms with Gasteiger partial charge in [-0.1, -0.05) is 6.07 Å². The smallest absolute Gasteiger partial charge is 0.240 e. The number of hydrogen-bond acceptors (Lipinski definition) is 4. The minimum absolute atomic E-state index is 0.198. The SMILES string of the molecule is CSc1cccc(N2CCCCC2C(N)=O)c1CN. The fourth-order valence-electron chi connectivity index (χ4n) is 2.74. The van der Waals surface area contributed by atoms with E-state index < -0.39 is 0 Å². The van der Waals surface area contributed by atoms with Gasteiger partial charge in [0.05, 0.1) is 0 Å². The van der Waals surface area contributed by atoms with Gasteiger partial charge in [0.2, 0.25) is 5.91 Å². The molecule has 1 aromatic carbocycles. The first-order valence-electron chi connectivity index (χ1n) is 6.61. The van der Waals surface area contributed by atoms with Gasteiger partial charge in [-0.15, -0.1) is 11.8 Å². The van der Waals surface area contributed by atoms with Crippen molar-refractivity contribution in [2.75, 3.05) is 17.7 Å². The standard InChI is InChI=1S/C14H21N3OS/c1-19-13-7-4-6-11(10(13)9-15)17-8-3-2-5-12(17)14(16)18/h4,6-7,12H,2-3,5,8-9,15H2,1H3,(H2,16,18). The van der Waals surface area contributed by atoms with Gasteiger partial charge in [-0.3, -0.25) is 4.79 Å². The fourth-order valence-corrected chi connectivity index (χ4v) is 3.38. The van der Waals surface area contributed by atoms with Crippen molar-refractivity contribution in [1.82, 2.24) is 0 Å². The molecule has 1 unspecified atom stereocenters. The number of carbonyl (C=O) groups excluding carboxylic acids is 1. The first-order chi connectivity index (χ1) is 9.19. The predicted octanol–water partition coefficient (Wildman–Crippen LogP) is 1.71. The molecule has 1 saturated heterocycles. The number of thioether (sulfide) groups is 1. The molecular weight excluding hydrogens is 258 g/mol. The van der Waals surface area contributed by atoms with Crippen molar-refractivity contribution in [2.24, 2.45) is 11.5 Å². The number of nitrogens with two attached hydrogens (primary N) is 2. The number of anilines is 1. The molecule has 1 aliphatic heterocycles. The summed E-state index contributed by atoms with van der Waals surface area (Å²) in [5.74, 6) is -0.239. The Bertz CT molecular complexity index is 464. The van der Waals surface area contributed by atoms with Gasteiger partial charge in [0.25, 0.3) is 0 Å². The van der Waals surface area contributed by atoms with E-state index >= 15 is 0 Å². The fraction of sp³-hybridized carbons (Fsp3) is 0.500. The van der Waals surface area contributed by atoms with Crippen molar-refractivity contribution in [1.29, 1.82) is 0 Å². The Balaban J connectivity index is 2.41. The maximum absolute atomic E-state index is 11.6. The Labute approximate surface area is 118 Å². The number of rotatable bonds is 4. The van der Waals surface area contributed by atoms with Crippen LogP contribution in [0.5, 0.6) is 0 Å². The molecule has 1 aromatic rings. The van der Waals surface area contributed by atoms with Crippen LogP contribution < -0.4 is 16.4 Å². The van der Waals surface area contributed by atoms with E-state index in [-0.39, 0.29) is 11.9 Å². The third-order valence-corrected chi connectivity index (χ3v) is 4.50. The van der Waals surface area contributed by atoms with Crippen molar-refractivity contribution >= 4 is 23.4 Å². The molecule has 1 aliphatic rings. The normalized spacial score (nSPS) is 19.5. The molecule has 5 heteroatoms. The van der Waals surface area contributed by atoms with Gasteiger partial charge in [0.1, 0.15) is 6.04 Å². The molecule has 104 valence electrons. The van der Waals surface area contributed by atoms with Crippen LogP contribution in [0.4, 0.5) is 5.69 Å². The highest BCUT2D eigenvalue weighted by molar-refractivity contribution is 7.98. The molecule has 4 N–H and O–H groups in total. The number of amides is 1. The van der Waals surface area contributed by atoms with E-state index in [0.29, 0.717) is 6.54 Å². The van der Waals surface area contributed by atoms with Crippen LogP contribution in [0, 0.1) is 0 Å². The van der Waals surface area contributed by atoms with Gasteiger partial charge in [-0.2, -0.15) is 0 Å². The Morgan fingerprint density at radius 1 is 1.47 bits per heavy atom. The third kappa shape index (κ3) is 2.87. The van der Waals surface area contributed by atoms with Gasteiger partial charge < -0.3 is 16.4 Å². The second-order valence-electron chi connectivity index (χ2n) is 4.77. The van der Waals surface area contributed by atoms with Crippen LogP contribution in [0.25, 0.3) is 0 Å². The predicted molar refractivity (Wildman–Crippen MR) is 80.3 cm³/mol. The zero-order chi connectivity index (χ0) is 13.8. The lowest BCUT2D eigenvalue weighted by Crippen LogP contribution is -2.48. The molecule has 4 nitrogen and oxygen atoms in total. The molecule has 0 aliphatic carbocycles. The van der Waals surface area contributed by atoms with Gasteiger partial charge in [0, 0.05) is 29.2 Å². The number of piperidine rings is 1. The summed E-state index contributed by atoms with van der Waals surface area (Å²) in [4.78, 5) is 14.9. The average Bonchev–Trinajstić information content (AvgIpc) is 2.46. The Morgan fingerprint density at radius 3 is 2.89 bits per heavy atom. The van der Waals surface area contributed by atoms with Crippen LogP contribution in [0.3, 0.4) is 0 Å². The van der Waals surface area contributed by atoms with Crippen molar-refractivity contribution in [3.63, 3.8) is 0 Å². The third-order valence-electron chi connectivity index (χ3n) is 3.67. The number of nitrogens with zero attached hydrogens (tertiary/aromatic N) is 1. The summed E-state index contributed by atoms with van der Waals surface area (Å²) in [5, 5.41) is 0. The zero-order valence-corrected chi connectivity index (χ0v) is 12.1. The van der Waals surface area contributed by atoms with Gasteiger partial charge in [-0.05, 0) is 37.7 Å². The maximum Gasteiger partial charge on any atom is 0.240 e. The van der Waals surface area contributed by atoms with Crippen LogP contribution in [0.1, 0.15) is 24.8 Å². The number of primary amides is 1. The van der Waals surface area contributed by atoms with Crippen molar-refractivity contribution in [3.8, 4) is 0 Å². The number of hydrogen-bond donors (Lipinski definition) is 2. The molecule has 0 spiro atoms. The minimum atomic E-state index is -0.239. The van der Waals surface area contributed by atoms with Crippen LogP contribution in [0.15, 0.2) is 23.1 Å². The lowest BCUT2D eigenvalue weighted by molar-refractivity contribution is -0.119. The van der Waals surface area contributed by atoms with Crippen LogP contribution >= 0.6 is 11.8 Å². The topological polar surface area (TPSA) is 72.3 Å². The first kappa shape index (κ1) is 14.2. The number of benzene rings is 1. The van der Waals surface area contributed by atoms with Crippen LogP contribution in [-0.2, 0) is 11.3 Å². The second-order valence-corrected chi connectivity index (χ2v) is 5.62. The highest BCUT2D eigenvalue weighted by atomic mass is 32.2. The molecule has 0 bridgehead atoms. The minimum Gasteiger partial charge on any atom is -0.368 e. The summed E-state index contributed by atoms with van der Waals surface area (Å²) in [6.45, 7) is 1.35. The van der Waals surface area contributed by atoms with Crippen LogP contribution in [0.2, 0.25) is 0 Å². The second kappa shape index (κ2) is 6.30. The van der Waals surface area contributed by atoms with Crippen LogP contribution in [-0.4, -0.2) is 24.7 Å². The van der Waals surface area contributed by atoms with E-state index in [9.17, 15) is 4.79 Å². The molecule has 1 atom stereocenters. The van der Waals surface area contributed by atoms with E-state index in [1.54, 1.807) is 11.8 Å². The van der Waals surface area contributed by atoms with E-state index in [0.717, 1.165) is 37.1 Å². The summed E-state index contributed by atoms with van der Waals surface area (Å²) in [5.41, 5.74) is 13.6. The van der Waals surface area contributed by atoms with E-state index in [4.69, 9.17) is 11.5 Å². The summed E-state index contributed by atoms with van der Waals surface area (Å²) in [7, 11) is 0. The maximum atomic E-state index is 11.6. The monoisotopic (exact) mass is 279 g/mol. The molecule has 0 saturated carbocycles. The van der Waals surface area contributed by atoms with Gasteiger partial charge in [-0.25, -0.2) is 0 Å². The highest BCUT2D eigenvalue weighted by Gasteiger charge is 2.28. The van der Waals surface area contributed by atoms with Crippen molar-refractivity contribution in [3.05, 3.63) is 23.8 Å². The molecule has 1 fully saturated rings. The Kier molecular flexibility index (Phi) is 4.71. The largest absolute Gasteiger partial charge is 0.368 e. The summed E-state index contributed by atoms with van der Waals surface area (Å²) in [6.07, 6.45) is 5.03. The number of carbonyl (C=O) groups is 1. The van der Waals surface area contributed by atoms with E-state index in [1.165, 1.54) is 4.90 Å². The average molecular weight is 279 g/mol. The summed E-state index contributed by atoms with van der Waals surface area (Å²) < 4.78 is 0. The molecule has 1 amide bonds. The van der Waals surface area contributed by atoms with E-state index in [1.807, 2.05) is 18.4 Å². The lowest BCUT2D eigenvalue weighted by atomic mass is 9.99. The molecular formula is C14H21N3OS. The molecule has 0 radical (unpaired) electrons. The van der Waals surface area contributed by atoms with Gasteiger partial charge >= 0.3 is 0 Å². The summed E-state index contributed by atoms with van der Waals surface area (Å²) >= 11 is 1.68. The lowest BCUT2D eigenvalue weighted by Gasteiger charge is -2.37. The molecule has 2 rings (SSSR count). The zero-order valence-electron chi connectivity index (χ0n) is 11.3. The molecule has 0 aromatic heterocycles. The van der Waals surface area contributed by atoms with Crippen molar-refractivity contribution < 1.29 is 4.79 Å². The Hall–Kier alpha value is -1.20. The highest BCUT2D eigenvalue weighted by Crippen LogP contribution is 2.33.